The van der Waals surface area contributed by atoms with Gasteiger partial charge in [-0.3, -0.25) is 16.2 Å². The number of hydrogen-bond acceptors (Lipinski definition) is 4. The number of hydrazine groups is 1. The Morgan fingerprint density at radius 1 is 1.45 bits per heavy atom. The van der Waals surface area contributed by atoms with Crippen LogP contribution in [-0.4, -0.2) is 36.7 Å². The third-order valence-electron chi connectivity index (χ3n) is 4.12. The summed E-state index contributed by atoms with van der Waals surface area (Å²) in [6.07, 6.45) is 1.14. The number of aryl methyl sites for hydroxylation is 1. The van der Waals surface area contributed by atoms with Gasteiger partial charge in [-0.05, 0) is 31.4 Å². The summed E-state index contributed by atoms with van der Waals surface area (Å²) in [5.41, 5.74) is 5.49. The Bertz CT molecular complexity index is 422. The molecule has 112 valence electrons. The molecule has 1 heterocycles. The molecule has 2 unspecified atom stereocenters. The van der Waals surface area contributed by atoms with Crippen molar-refractivity contribution in [2.24, 2.45) is 5.84 Å². The number of hydrogen-bond donors (Lipinski definition) is 2. The van der Waals surface area contributed by atoms with Crippen molar-refractivity contribution in [2.75, 3.05) is 19.7 Å². The number of benzene rings is 1. The first-order valence-electron chi connectivity index (χ1n) is 7.56. The van der Waals surface area contributed by atoms with Crippen molar-refractivity contribution in [1.82, 2.24) is 10.3 Å². The molecule has 0 amide bonds. The number of nitrogens with zero attached hydrogens (tertiary/aromatic N) is 1. The van der Waals surface area contributed by atoms with E-state index in [2.05, 4.69) is 55.4 Å². The number of ether oxygens (including phenoxy) is 1. The largest absolute Gasteiger partial charge is 0.374 e. The predicted octanol–water partition coefficient (Wildman–Crippen LogP) is 1.86. The quantitative estimate of drug-likeness (QED) is 0.637. The molecule has 3 N–H and O–H groups in total. The summed E-state index contributed by atoms with van der Waals surface area (Å²) >= 11 is 0. The molecule has 1 aliphatic heterocycles. The van der Waals surface area contributed by atoms with E-state index >= 15 is 0 Å². The molecule has 1 aliphatic rings. The van der Waals surface area contributed by atoms with Crippen LogP contribution in [0.2, 0.25) is 0 Å². The van der Waals surface area contributed by atoms with Crippen LogP contribution in [0, 0.1) is 0 Å². The molecular formula is C16H27N3O. The molecule has 1 fully saturated rings. The molecule has 2 atom stereocenters. The van der Waals surface area contributed by atoms with E-state index in [1.54, 1.807) is 0 Å². The highest BCUT2D eigenvalue weighted by Crippen LogP contribution is 2.23. The molecule has 0 spiro atoms. The minimum atomic E-state index is 0.0445. The third-order valence-corrected chi connectivity index (χ3v) is 4.12. The summed E-state index contributed by atoms with van der Waals surface area (Å²) in [6.45, 7) is 9.31. The van der Waals surface area contributed by atoms with Gasteiger partial charge in [-0.15, -0.1) is 0 Å². The summed E-state index contributed by atoms with van der Waals surface area (Å²) in [5, 5.41) is 0. The van der Waals surface area contributed by atoms with E-state index < -0.39 is 0 Å². The van der Waals surface area contributed by atoms with Crippen molar-refractivity contribution in [3.63, 3.8) is 0 Å². The molecule has 0 aromatic heterocycles. The van der Waals surface area contributed by atoms with Gasteiger partial charge in [-0.2, -0.15) is 0 Å². The lowest BCUT2D eigenvalue weighted by atomic mass is 9.97. The van der Waals surface area contributed by atoms with Gasteiger partial charge in [0.15, 0.2) is 0 Å². The molecule has 4 nitrogen and oxygen atoms in total. The molecule has 0 saturated carbocycles. The highest BCUT2D eigenvalue weighted by Gasteiger charge is 2.29. The number of rotatable bonds is 5. The Labute approximate surface area is 122 Å². The van der Waals surface area contributed by atoms with Crippen LogP contribution in [0.1, 0.15) is 37.9 Å². The topological polar surface area (TPSA) is 50.5 Å². The van der Waals surface area contributed by atoms with E-state index in [1.165, 1.54) is 11.1 Å². The summed E-state index contributed by atoms with van der Waals surface area (Å²) in [4.78, 5) is 2.45. The van der Waals surface area contributed by atoms with Gasteiger partial charge in [0.05, 0.1) is 18.8 Å². The van der Waals surface area contributed by atoms with Crippen LogP contribution in [0.25, 0.3) is 0 Å². The Morgan fingerprint density at radius 3 is 2.90 bits per heavy atom. The maximum atomic E-state index is 5.96. The van der Waals surface area contributed by atoms with E-state index in [1.807, 2.05) is 0 Å². The third kappa shape index (κ3) is 3.58. The zero-order valence-corrected chi connectivity index (χ0v) is 12.8. The molecule has 20 heavy (non-hydrogen) atoms. The van der Waals surface area contributed by atoms with Gasteiger partial charge < -0.3 is 4.74 Å². The first-order valence-corrected chi connectivity index (χ1v) is 7.56. The van der Waals surface area contributed by atoms with E-state index in [-0.39, 0.29) is 12.1 Å². The van der Waals surface area contributed by atoms with E-state index in [9.17, 15) is 0 Å². The maximum absolute atomic E-state index is 5.96. The molecular weight excluding hydrogens is 250 g/mol. The van der Waals surface area contributed by atoms with Gasteiger partial charge in [-0.1, -0.05) is 31.2 Å². The second-order valence-corrected chi connectivity index (χ2v) is 5.74. The Kier molecular flexibility index (Phi) is 5.54. The van der Waals surface area contributed by atoms with Crippen LogP contribution in [0.5, 0.6) is 0 Å². The van der Waals surface area contributed by atoms with Crippen molar-refractivity contribution >= 4 is 0 Å². The number of nitrogens with two attached hydrogens (primary N) is 1. The van der Waals surface area contributed by atoms with Crippen molar-refractivity contribution in [1.29, 1.82) is 0 Å². The fourth-order valence-electron chi connectivity index (χ4n) is 2.79. The lowest BCUT2D eigenvalue weighted by molar-refractivity contribution is -0.0561. The maximum Gasteiger partial charge on any atom is 0.0909 e. The summed E-state index contributed by atoms with van der Waals surface area (Å²) < 4.78 is 5.96. The first-order chi connectivity index (χ1) is 9.65. The number of morpholine rings is 1. The summed E-state index contributed by atoms with van der Waals surface area (Å²) in [6, 6.07) is 9.19. The van der Waals surface area contributed by atoms with Crippen molar-refractivity contribution < 1.29 is 4.74 Å². The fraction of sp³-hybridized carbons (Fsp3) is 0.625. The molecule has 1 saturated heterocycles. The minimum Gasteiger partial charge on any atom is -0.374 e. The van der Waals surface area contributed by atoms with Crippen LogP contribution in [0.4, 0.5) is 0 Å². The molecule has 4 heteroatoms. The van der Waals surface area contributed by atoms with Crippen LogP contribution in [0.15, 0.2) is 24.3 Å². The van der Waals surface area contributed by atoms with Crippen molar-refractivity contribution in [3.8, 4) is 0 Å². The predicted molar refractivity (Wildman–Crippen MR) is 82.3 cm³/mol. The first kappa shape index (κ1) is 15.4. The molecule has 0 aliphatic carbocycles. The smallest absolute Gasteiger partial charge is 0.0909 e. The standard InChI is InChI=1S/C16H27N3O/c1-4-13-6-5-7-14(10-13)16(18-17)15-11-19(12(2)3)8-9-20-15/h5-7,10,12,15-16,18H,4,8-9,11,17H2,1-3H3. The van der Waals surface area contributed by atoms with Gasteiger partial charge in [0.2, 0.25) is 0 Å². The van der Waals surface area contributed by atoms with Crippen LogP contribution >= 0.6 is 0 Å². The molecule has 1 aromatic carbocycles. The lowest BCUT2D eigenvalue weighted by Crippen LogP contribution is -2.51. The van der Waals surface area contributed by atoms with Crippen molar-refractivity contribution in [3.05, 3.63) is 35.4 Å². The summed E-state index contributed by atoms with van der Waals surface area (Å²) in [7, 11) is 0. The van der Waals surface area contributed by atoms with Crippen molar-refractivity contribution in [2.45, 2.75) is 45.4 Å². The average molecular weight is 277 g/mol. The van der Waals surface area contributed by atoms with Gasteiger partial charge >= 0.3 is 0 Å². The second kappa shape index (κ2) is 7.18. The Balaban J connectivity index is 2.14. The Hall–Kier alpha value is -0.940. The molecule has 1 aromatic rings. The lowest BCUT2D eigenvalue weighted by Gasteiger charge is -2.39. The monoisotopic (exact) mass is 277 g/mol. The van der Waals surface area contributed by atoms with Crippen LogP contribution < -0.4 is 11.3 Å². The van der Waals surface area contributed by atoms with E-state index in [0.717, 1.165) is 26.1 Å². The summed E-state index contributed by atoms with van der Waals surface area (Å²) in [5.74, 6) is 5.80. The minimum absolute atomic E-state index is 0.0445. The SMILES string of the molecule is CCc1cccc(C(NN)C2CN(C(C)C)CCO2)c1. The van der Waals surface area contributed by atoms with E-state index in [0.29, 0.717) is 6.04 Å². The van der Waals surface area contributed by atoms with Gasteiger partial charge in [-0.25, -0.2) is 0 Å². The zero-order valence-electron chi connectivity index (χ0n) is 12.8. The Morgan fingerprint density at radius 2 is 2.25 bits per heavy atom. The van der Waals surface area contributed by atoms with Crippen LogP contribution in [-0.2, 0) is 11.2 Å². The molecule has 2 rings (SSSR count). The van der Waals surface area contributed by atoms with Gasteiger partial charge in [0.1, 0.15) is 0 Å². The van der Waals surface area contributed by atoms with Gasteiger partial charge in [0, 0.05) is 19.1 Å². The fourth-order valence-corrected chi connectivity index (χ4v) is 2.79. The average Bonchev–Trinajstić information content (AvgIpc) is 2.48. The normalized spacial score (nSPS) is 22.1. The highest BCUT2D eigenvalue weighted by molar-refractivity contribution is 5.27. The highest BCUT2D eigenvalue weighted by atomic mass is 16.5. The molecule has 0 radical (unpaired) electrons. The zero-order chi connectivity index (χ0) is 14.5. The second-order valence-electron chi connectivity index (χ2n) is 5.74. The van der Waals surface area contributed by atoms with Gasteiger partial charge in [0.25, 0.3) is 0 Å². The van der Waals surface area contributed by atoms with E-state index in [4.69, 9.17) is 10.6 Å². The molecule has 0 bridgehead atoms. The number of nitrogens with one attached hydrogen (secondary N) is 1. The van der Waals surface area contributed by atoms with Crippen LogP contribution in [0.3, 0.4) is 0 Å².